The molecule has 0 fully saturated rings. The van der Waals surface area contributed by atoms with Crippen LogP contribution in [0.2, 0.25) is 0 Å². The Hall–Kier alpha value is -1.57. The molecule has 0 aliphatic rings. The van der Waals surface area contributed by atoms with Gasteiger partial charge in [-0.3, -0.25) is 4.98 Å². The number of hydrogen-bond acceptors (Lipinski definition) is 2. The van der Waals surface area contributed by atoms with E-state index in [0.717, 1.165) is 23.0 Å². The topological polar surface area (TPSA) is 33.1 Å². The Morgan fingerprint density at radius 3 is 1.96 bits per heavy atom. The zero-order valence-corrected chi connectivity index (χ0v) is 16.9. The van der Waals surface area contributed by atoms with Gasteiger partial charge in [0.15, 0.2) is 0 Å². The highest BCUT2D eigenvalue weighted by Gasteiger charge is 2.05. The monoisotopic (exact) mass is 355 g/mol. The highest BCUT2D eigenvalue weighted by molar-refractivity contribution is 5.83. The number of rotatable bonds is 13. The quantitative estimate of drug-likeness (QED) is 0.377. The number of phenols is 1. The molecule has 1 aromatic heterocycles. The lowest BCUT2D eigenvalue weighted by Crippen LogP contribution is -1.93. The summed E-state index contributed by atoms with van der Waals surface area (Å²) in [4.78, 5) is 4.58. The van der Waals surface area contributed by atoms with Crippen LogP contribution in [0.5, 0.6) is 5.75 Å². The molecule has 2 rings (SSSR count). The number of fused-ring (bicyclic) bond motifs is 1. The number of aromatic hydroxyl groups is 1. The zero-order chi connectivity index (χ0) is 18.6. The Kier molecular flexibility index (Phi) is 9.52. The average Bonchev–Trinajstić information content (AvgIpc) is 2.63. The van der Waals surface area contributed by atoms with Crippen molar-refractivity contribution in [2.24, 2.45) is 0 Å². The van der Waals surface area contributed by atoms with Gasteiger partial charge in [0.05, 0.1) is 5.52 Å². The molecule has 1 heterocycles. The Bertz CT molecular complexity index is 650. The first-order valence-electron chi connectivity index (χ1n) is 10.8. The minimum atomic E-state index is 0.332. The largest absolute Gasteiger partial charge is 0.508 e. The Morgan fingerprint density at radius 2 is 1.35 bits per heavy atom. The van der Waals surface area contributed by atoms with Crippen LogP contribution in [0.1, 0.15) is 95.2 Å². The number of aryl methyl sites for hydroxylation is 2. The standard InChI is InChI=1S/C24H37NO/c1-3-4-5-6-7-8-9-10-11-12-13-14-15-21-18-20(2)25-24-17-16-22(26)19-23(21)24/h16-19,26H,3-15H2,1-2H3. The molecular formula is C24H37NO. The number of pyridine rings is 1. The maximum absolute atomic E-state index is 9.77. The van der Waals surface area contributed by atoms with Crippen LogP contribution in [-0.4, -0.2) is 10.1 Å². The lowest BCUT2D eigenvalue weighted by atomic mass is 10.00. The van der Waals surface area contributed by atoms with Gasteiger partial charge in [-0.15, -0.1) is 0 Å². The molecule has 0 spiro atoms. The molecule has 0 amide bonds. The van der Waals surface area contributed by atoms with Crippen molar-refractivity contribution < 1.29 is 5.11 Å². The minimum absolute atomic E-state index is 0.332. The molecule has 0 saturated heterocycles. The normalized spacial score (nSPS) is 11.3. The fourth-order valence-electron chi connectivity index (χ4n) is 3.79. The van der Waals surface area contributed by atoms with E-state index in [9.17, 15) is 5.11 Å². The van der Waals surface area contributed by atoms with Crippen LogP contribution in [0.15, 0.2) is 24.3 Å². The van der Waals surface area contributed by atoms with E-state index in [1.807, 2.05) is 12.1 Å². The highest BCUT2D eigenvalue weighted by atomic mass is 16.3. The molecule has 0 atom stereocenters. The van der Waals surface area contributed by atoms with E-state index in [1.54, 1.807) is 6.07 Å². The van der Waals surface area contributed by atoms with Gasteiger partial charge in [0.25, 0.3) is 0 Å². The van der Waals surface area contributed by atoms with Crippen molar-refractivity contribution in [3.05, 3.63) is 35.5 Å². The van der Waals surface area contributed by atoms with E-state index in [2.05, 4.69) is 24.9 Å². The molecule has 144 valence electrons. The fourth-order valence-corrected chi connectivity index (χ4v) is 3.79. The molecule has 1 aromatic carbocycles. The number of nitrogens with zero attached hydrogens (tertiary/aromatic N) is 1. The molecule has 0 saturated carbocycles. The van der Waals surface area contributed by atoms with Gasteiger partial charge in [-0.25, -0.2) is 0 Å². The summed E-state index contributed by atoms with van der Waals surface area (Å²) in [6, 6.07) is 7.68. The van der Waals surface area contributed by atoms with Gasteiger partial charge in [0.1, 0.15) is 5.75 Å². The lowest BCUT2D eigenvalue weighted by molar-refractivity contribution is 0.476. The Labute approximate surface area is 160 Å². The lowest BCUT2D eigenvalue weighted by Gasteiger charge is -2.08. The molecule has 0 aliphatic heterocycles. The third-order valence-electron chi connectivity index (χ3n) is 5.31. The van der Waals surface area contributed by atoms with Crippen LogP contribution < -0.4 is 0 Å². The fraction of sp³-hybridized carbons (Fsp3) is 0.625. The molecule has 0 aliphatic carbocycles. The molecule has 2 heteroatoms. The molecule has 26 heavy (non-hydrogen) atoms. The van der Waals surface area contributed by atoms with Gasteiger partial charge in [0, 0.05) is 11.1 Å². The predicted octanol–water partition coefficient (Wildman–Crippen LogP) is 7.49. The molecule has 0 bridgehead atoms. The first-order chi connectivity index (χ1) is 12.7. The Morgan fingerprint density at radius 1 is 0.769 bits per heavy atom. The summed E-state index contributed by atoms with van der Waals surface area (Å²) in [6.45, 7) is 4.33. The van der Waals surface area contributed by atoms with E-state index in [4.69, 9.17) is 0 Å². The smallest absolute Gasteiger partial charge is 0.116 e. The molecule has 2 aromatic rings. The number of unbranched alkanes of at least 4 members (excludes halogenated alkanes) is 11. The number of hydrogen-bond donors (Lipinski definition) is 1. The summed E-state index contributed by atoms with van der Waals surface area (Å²) < 4.78 is 0. The van der Waals surface area contributed by atoms with E-state index in [0.29, 0.717) is 5.75 Å². The summed E-state index contributed by atoms with van der Waals surface area (Å²) in [7, 11) is 0. The van der Waals surface area contributed by atoms with Gasteiger partial charge < -0.3 is 5.11 Å². The van der Waals surface area contributed by atoms with E-state index in [1.165, 1.54) is 82.6 Å². The van der Waals surface area contributed by atoms with E-state index in [-0.39, 0.29) is 0 Å². The average molecular weight is 356 g/mol. The summed E-state index contributed by atoms with van der Waals surface area (Å²) in [5.74, 6) is 0.332. The van der Waals surface area contributed by atoms with Crippen LogP contribution >= 0.6 is 0 Å². The number of aromatic nitrogens is 1. The number of benzene rings is 1. The zero-order valence-electron chi connectivity index (χ0n) is 16.9. The molecule has 2 nitrogen and oxygen atoms in total. The van der Waals surface area contributed by atoms with Crippen molar-refractivity contribution in [1.29, 1.82) is 0 Å². The van der Waals surface area contributed by atoms with Gasteiger partial charge in [-0.05, 0) is 49.6 Å². The second kappa shape index (κ2) is 11.9. The summed E-state index contributed by atoms with van der Waals surface area (Å²) in [5.41, 5.74) is 3.39. The first-order valence-corrected chi connectivity index (χ1v) is 10.8. The summed E-state index contributed by atoms with van der Waals surface area (Å²) in [5, 5.41) is 10.9. The van der Waals surface area contributed by atoms with Crippen molar-refractivity contribution in [1.82, 2.24) is 4.98 Å². The second-order valence-electron chi connectivity index (χ2n) is 7.76. The van der Waals surface area contributed by atoms with Gasteiger partial charge in [0.2, 0.25) is 0 Å². The number of phenolic OH excluding ortho intramolecular Hbond substituents is 1. The van der Waals surface area contributed by atoms with Crippen LogP contribution in [0.3, 0.4) is 0 Å². The van der Waals surface area contributed by atoms with Crippen LogP contribution in [0.4, 0.5) is 0 Å². The van der Waals surface area contributed by atoms with Crippen LogP contribution in [-0.2, 0) is 6.42 Å². The predicted molar refractivity (Wildman–Crippen MR) is 113 cm³/mol. The van der Waals surface area contributed by atoms with E-state index < -0.39 is 0 Å². The maximum Gasteiger partial charge on any atom is 0.116 e. The van der Waals surface area contributed by atoms with Gasteiger partial charge in [-0.2, -0.15) is 0 Å². The molecular weight excluding hydrogens is 318 g/mol. The van der Waals surface area contributed by atoms with Crippen molar-refractivity contribution in [3.8, 4) is 5.75 Å². The third kappa shape index (κ3) is 7.35. The van der Waals surface area contributed by atoms with Crippen LogP contribution in [0, 0.1) is 6.92 Å². The molecule has 1 N–H and O–H groups in total. The molecule has 0 radical (unpaired) electrons. The summed E-state index contributed by atoms with van der Waals surface area (Å²) >= 11 is 0. The SMILES string of the molecule is CCCCCCCCCCCCCCc1cc(C)nc2ccc(O)cc12. The van der Waals surface area contributed by atoms with E-state index >= 15 is 0 Å². The Balaban J connectivity index is 1.60. The van der Waals surface area contributed by atoms with Gasteiger partial charge in [-0.1, -0.05) is 77.6 Å². The second-order valence-corrected chi connectivity index (χ2v) is 7.76. The third-order valence-corrected chi connectivity index (χ3v) is 5.31. The highest BCUT2D eigenvalue weighted by Crippen LogP contribution is 2.24. The van der Waals surface area contributed by atoms with Gasteiger partial charge >= 0.3 is 0 Å². The first kappa shape index (κ1) is 20.7. The van der Waals surface area contributed by atoms with Crippen molar-refractivity contribution >= 4 is 10.9 Å². The maximum atomic E-state index is 9.77. The minimum Gasteiger partial charge on any atom is -0.508 e. The molecule has 0 unspecified atom stereocenters. The van der Waals surface area contributed by atoms with Crippen LogP contribution in [0.25, 0.3) is 10.9 Å². The van der Waals surface area contributed by atoms with Crippen molar-refractivity contribution in [3.63, 3.8) is 0 Å². The van der Waals surface area contributed by atoms with Crippen molar-refractivity contribution in [2.75, 3.05) is 0 Å². The van der Waals surface area contributed by atoms with Crippen molar-refractivity contribution in [2.45, 2.75) is 97.3 Å². The summed E-state index contributed by atoms with van der Waals surface area (Å²) in [6.07, 6.45) is 17.6.